The molecule has 0 saturated heterocycles. The molecule has 0 fully saturated rings. The van der Waals surface area contributed by atoms with E-state index < -0.39 is 28.1 Å². The summed E-state index contributed by atoms with van der Waals surface area (Å²) < 4.78 is 51.4. The predicted octanol–water partition coefficient (Wildman–Crippen LogP) is 4.56. The third kappa shape index (κ3) is 4.59. The number of thiophene rings is 1. The summed E-state index contributed by atoms with van der Waals surface area (Å²) in [4.78, 5) is 4.84. The molecule has 1 atom stereocenters. The maximum Gasteiger partial charge on any atom is 0.417 e. The van der Waals surface area contributed by atoms with E-state index in [0.717, 1.165) is 17.8 Å². The monoisotopic (exact) mass is 390 g/mol. The number of aromatic nitrogens is 1. The minimum absolute atomic E-state index is 0.0313. The molecule has 2 heterocycles. The molecule has 0 aromatic carbocycles. The van der Waals surface area contributed by atoms with Gasteiger partial charge in [-0.05, 0) is 17.5 Å². The fraction of sp³-hybridized carbons (Fsp3) is 0.333. The van der Waals surface area contributed by atoms with E-state index in [1.54, 1.807) is 30.5 Å². The van der Waals surface area contributed by atoms with Crippen LogP contribution in [0.4, 0.5) is 13.2 Å². The number of nitrogens with zero attached hydrogens (tertiary/aromatic N) is 2. The Morgan fingerprint density at radius 2 is 2.21 bits per heavy atom. The highest BCUT2D eigenvalue weighted by Gasteiger charge is 2.36. The van der Waals surface area contributed by atoms with Crippen molar-refractivity contribution in [1.29, 1.82) is 5.26 Å². The van der Waals surface area contributed by atoms with E-state index in [-0.39, 0.29) is 10.7 Å². The van der Waals surface area contributed by atoms with Gasteiger partial charge in [-0.25, -0.2) is 4.98 Å². The summed E-state index contributed by atoms with van der Waals surface area (Å²) in [6, 6.07) is 5.94. The van der Waals surface area contributed by atoms with Crippen molar-refractivity contribution in [1.82, 2.24) is 4.98 Å². The van der Waals surface area contributed by atoms with Crippen molar-refractivity contribution in [3.8, 4) is 16.6 Å². The van der Waals surface area contributed by atoms with Crippen molar-refractivity contribution < 1.29 is 17.4 Å². The van der Waals surface area contributed by atoms with Crippen LogP contribution in [0.15, 0.2) is 28.6 Å². The highest BCUT2D eigenvalue weighted by Crippen LogP contribution is 2.38. The lowest BCUT2D eigenvalue weighted by atomic mass is 10.1. The molecule has 3 nitrogen and oxygen atoms in total. The van der Waals surface area contributed by atoms with Crippen LogP contribution in [0, 0.1) is 11.3 Å². The Bertz CT molecular complexity index is 768. The standard InChI is InChI=1S/C15H13F3N2OS3/c1-2-24(21)7-6-23-14-10(9-19)11(15(16,17)18)8-12(20-14)13-4-3-5-22-13/h3-5,8H,2,6-7H2,1H3. The lowest BCUT2D eigenvalue weighted by Crippen LogP contribution is -2.11. The molecule has 0 bridgehead atoms. The van der Waals surface area contributed by atoms with Crippen LogP contribution in [0.1, 0.15) is 18.1 Å². The first kappa shape index (κ1) is 19.0. The summed E-state index contributed by atoms with van der Waals surface area (Å²) >= 11 is 2.31. The smallest absolute Gasteiger partial charge is 0.260 e. The van der Waals surface area contributed by atoms with E-state index in [1.807, 2.05) is 0 Å². The second-order valence-corrected chi connectivity index (χ2v) is 8.50. The molecule has 2 aromatic rings. The van der Waals surface area contributed by atoms with Gasteiger partial charge in [-0.15, -0.1) is 23.1 Å². The van der Waals surface area contributed by atoms with Crippen LogP contribution in [0.5, 0.6) is 0 Å². The average molecular weight is 390 g/mol. The van der Waals surface area contributed by atoms with Gasteiger partial charge in [0.2, 0.25) is 0 Å². The van der Waals surface area contributed by atoms with Gasteiger partial charge in [0.1, 0.15) is 11.1 Å². The van der Waals surface area contributed by atoms with Gasteiger partial charge in [0.25, 0.3) is 0 Å². The Balaban J connectivity index is 2.45. The molecule has 24 heavy (non-hydrogen) atoms. The maximum absolute atomic E-state index is 13.3. The van der Waals surface area contributed by atoms with Gasteiger partial charge in [-0.1, -0.05) is 13.0 Å². The van der Waals surface area contributed by atoms with E-state index in [4.69, 9.17) is 0 Å². The summed E-state index contributed by atoms with van der Waals surface area (Å²) in [6.07, 6.45) is -4.64. The fourth-order valence-electron chi connectivity index (χ4n) is 1.88. The largest absolute Gasteiger partial charge is 0.417 e. The number of rotatable bonds is 6. The SMILES string of the molecule is CCS(=O)CCSc1nc(-c2cccs2)cc(C(F)(F)F)c1C#N. The molecule has 9 heteroatoms. The first-order valence-corrected chi connectivity index (χ1v) is 10.3. The minimum Gasteiger partial charge on any atom is -0.260 e. The second kappa shape index (κ2) is 8.14. The quantitative estimate of drug-likeness (QED) is 0.679. The molecule has 0 aliphatic heterocycles. The molecular formula is C15H13F3N2OS3. The van der Waals surface area contributed by atoms with Gasteiger partial charge < -0.3 is 0 Å². The van der Waals surface area contributed by atoms with Crippen LogP contribution in [0.3, 0.4) is 0 Å². The molecule has 0 radical (unpaired) electrons. The Morgan fingerprint density at radius 3 is 2.75 bits per heavy atom. The molecule has 2 rings (SSSR count). The van der Waals surface area contributed by atoms with E-state index in [1.165, 1.54) is 11.3 Å². The molecule has 0 spiro atoms. The van der Waals surface area contributed by atoms with Crippen molar-refractivity contribution >= 4 is 33.9 Å². The number of halogens is 3. The molecule has 0 aliphatic rings. The Labute approximate surface area is 148 Å². The minimum atomic E-state index is -4.64. The molecule has 128 valence electrons. The topological polar surface area (TPSA) is 53.8 Å². The zero-order chi connectivity index (χ0) is 17.7. The van der Waals surface area contributed by atoms with E-state index in [0.29, 0.717) is 22.1 Å². The number of hydrogen-bond donors (Lipinski definition) is 0. The van der Waals surface area contributed by atoms with Gasteiger partial charge >= 0.3 is 6.18 Å². The van der Waals surface area contributed by atoms with Crippen molar-refractivity contribution in [3.05, 3.63) is 34.7 Å². The van der Waals surface area contributed by atoms with Crippen LogP contribution in [-0.4, -0.2) is 26.5 Å². The van der Waals surface area contributed by atoms with Crippen LogP contribution in [0.25, 0.3) is 10.6 Å². The van der Waals surface area contributed by atoms with Gasteiger partial charge in [0.05, 0.1) is 21.7 Å². The molecule has 0 amide bonds. The molecule has 0 saturated carbocycles. The summed E-state index contributed by atoms with van der Waals surface area (Å²) in [7, 11) is -1.02. The third-order valence-corrected chi connectivity index (χ3v) is 6.48. The van der Waals surface area contributed by atoms with Gasteiger partial charge in [-0.2, -0.15) is 18.4 Å². The molecule has 1 unspecified atom stereocenters. The third-order valence-electron chi connectivity index (χ3n) is 3.05. The molecular weight excluding hydrogens is 377 g/mol. The summed E-state index contributed by atoms with van der Waals surface area (Å²) in [6.45, 7) is 1.78. The normalized spacial score (nSPS) is 12.8. The second-order valence-electron chi connectivity index (χ2n) is 4.60. The van der Waals surface area contributed by atoms with E-state index in [9.17, 15) is 22.6 Å². The maximum atomic E-state index is 13.3. The number of thioether (sulfide) groups is 1. The van der Waals surface area contributed by atoms with Gasteiger partial charge in [0.15, 0.2) is 0 Å². The number of nitriles is 1. The molecule has 0 N–H and O–H groups in total. The van der Waals surface area contributed by atoms with Crippen molar-refractivity contribution in [2.75, 3.05) is 17.3 Å². The van der Waals surface area contributed by atoms with Crippen LogP contribution >= 0.6 is 23.1 Å². The summed E-state index contributed by atoms with van der Waals surface area (Å²) in [5, 5.41) is 11.0. The first-order valence-electron chi connectivity index (χ1n) is 6.90. The van der Waals surface area contributed by atoms with Crippen LogP contribution < -0.4 is 0 Å². The van der Waals surface area contributed by atoms with E-state index >= 15 is 0 Å². The lowest BCUT2D eigenvalue weighted by Gasteiger charge is -2.13. The highest BCUT2D eigenvalue weighted by molar-refractivity contribution is 8.00. The van der Waals surface area contributed by atoms with Crippen LogP contribution in [-0.2, 0) is 17.0 Å². The number of hydrogen-bond acceptors (Lipinski definition) is 5. The van der Waals surface area contributed by atoms with Crippen molar-refractivity contribution in [2.45, 2.75) is 18.1 Å². The van der Waals surface area contributed by atoms with Crippen molar-refractivity contribution in [3.63, 3.8) is 0 Å². The summed E-state index contributed by atoms with van der Waals surface area (Å²) in [5.74, 6) is 1.17. The van der Waals surface area contributed by atoms with E-state index in [2.05, 4.69) is 4.98 Å². The predicted molar refractivity (Wildman–Crippen MR) is 91.5 cm³/mol. The van der Waals surface area contributed by atoms with Gasteiger partial charge in [-0.3, -0.25) is 4.21 Å². The summed E-state index contributed by atoms with van der Waals surface area (Å²) in [5.41, 5.74) is -1.27. The lowest BCUT2D eigenvalue weighted by molar-refractivity contribution is -0.138. The highest BCUT2D eigenvalue weighted by atomic mass is 32.2. The molecule has 2 aromatic heterocycles. The van der Waals surface area contributed by atoms with Gasteiger partial charge in [0, 0.05) is 28.1 Å². The Hall–Kier alpha value is -1.37. The average Bonchev–Trinajstić information content (AvgIpc) is 3.07. The first-order chi connectivity index (χ1) is 11.4. The molecule has 0 aliphatic carbocycles. The zero-order valence-corrected chi connectivity index (χ0v) is 15.0. The zero-order valence-electron chi connectivity index (χ0n) is 12.6. The fourth-order valence-corrected chi connectivity index (χ4v) is 4.59. The number of pyridine rings is 1. The van der Waals surface area contributed by atoms with Crippen molar-refractivity contribution in [2.24, 2.45) is 0 Å². The Morgan fingerprint density at radius 1 is 1.46 bits per heavy atom. The van der Waals surface area contributed by atoms with Crippen LogP contribution in [0.2, 0.25) is 0 Å². The number of alkyl halides is 3. The Kier molecular flexibility index (Phi) is 6.43.